The number of anilines is 1. The van der Waals surface area contributed by atoms with Crippen LogP contribution in [0.15, 0.2) is 61.1 Å². The maximum absolute atomic E-state index is 11.5. The van der Waals surface area contributed by atoms with Gasteiger partial charge in [-0.15, -0.1) is 0 Å². The second-order valence-electron chi connectivity index (χ2n) is 6.05. The molecule has 128 valence electrons. The van der Waals surface area contributed by atoms with Crippen LogP contribution in [0.4, 0.5) is 5.69 Å². The van der Waals surface area contributed by atoms with Crippen molar-refractivity contribution in [3.63, 3.8) is 0 Å². The van der Waals surface area contributed by atoms with Gasteiger partial charge >= 0.3 is 0 Å². The van der Waals surface area contributed by atoms with Crippen molar-refractivity contribution in [3.8, 4) is 16.9 Å². The molecule has 25 heavy (non-hydrogen) atoms. The molecule has 0 aliphatic carbocycles. The molecule has 1 aliphatic heterocycles. The second-order valence-corrected chi connectivity index (χ2v) is 8.35. The smallest absolute Gasteiger partial charge is 0.153 e. The Balaban J connectivity index is 1.52. The summed E-state index contributed by atoms with van der Waals surface area (Å²) in [5.41, 5.74) is 3.13. The number of rotatable bonds is 3. The van der Waals surface area contributed by atoms with Gasteiger partial charge in [-0.05, 0) is 29.8 Å². The summed E-state index contributed by atoms with van der Waals surface area (Å²) in [5.74, 6) is 1.23. The molecule has 1 aliphatic rings. The largest absolute Gasteiger partial charge is 0.369 e. The van der Waals surface area contributed by atoms with Crippen molar-refractivity contribution in [2.24, 2.45) is 0 Å². The molecule has 1 saturated heterocycles. The van der Waals surface area contributed by atoms with Crippen LogP contribution in [0.1, 0.15) is 0 Å². The van der Waals surface area contributed by atoms with E-state index in [-0.39, 0.29) is 11.5 Å². The van der Waals surface area contributed by atoms with Crippen molar-refractivity contribution in [1.82, 2.24) is 14.8 Å². The summed E-state index contributed by atoms with van der Waals surface area (Å²) in [7, 11) is -2.86. The van der Waals surface area contributed by atoms with E-state index < -0.39 is 9.84 Å². The van der Waals surface area contributed by atoms with Crippen LogP contribution < -0.4 is 4.90 Å². The van der Waals surface area contributed by atoms with E-state index >= 15 is 0 Å². The quantitative estimate of drug-likeness (QED) is 0.721. The lowest BCUT2D eigenvalue weighted by Gasteiger charge is -2.28. The third-order valence-electron chi connectivity index (χ3n) is 4.38. The molecule has 0 atom stereocenters. The molecule has 0 spiro atoms. The number of pyridine rings is 1. The average Bonchev–Trinajstić information content (AvgIpc) is 3.13. The highest BCUT2D eigenvalue weighted by Crippen LogP contribution is 2.24. The summed E-state index contributed by atoms with van der Waals surface area (Å²) in [4.78, 5) is 6.40. The molecule has 0 bridgehead atoms. The molecule has 7 heteroatoms. The van der Waals surface area contributed by atoms with Gasteiger partial charge in [0.05, 0.1) is 17.7 Å². The first-order valence-electron chi connectivity index (χ1n) is 8.13. The highest BCUT2D eigenvalue weighted by Gasteiger charge is 2.21. The lowest BCUT2D eigenvalue weighted by molar-refractivity contribution is 0.587. The molecule has 2 aromatic heterocycles. The number of hydrogen-bond acceptors (Lipinski definition) is 5. The van der Waals surface area contributed by atoms with E-state index in [0.29, 0.717) is 13.1 Å². The summed E-state index contributed by atoms with van der Waals surface area (Å²) in [6.07, 6.45) is 5.51. The number of aromatic nitrogens is 3. The van der Waals surface area contributed by atoms with E-state index in [1.807, 2.05) is 54.9 Å². The molecular weight excluding hydrogens is 336 g/mol. The standard InChI is InChI=1S/C18H18N4O2S/c23-25(24)11-9-21(10-12-25)17-6-4-15(5-7-17)16-13-20-22(14-16)18-3-1-2-8-19-18/h1-8,13-14H,9-12H2. The van der Waals surface area contributed by atoms with Crippen LogP contribution in [0.25, 0.3) is 16.9 Å². The van der Waals surface area contributed by atoms with Crippen molar-refractivity contribution in [1.29, 1.82) is 0 Å². The van der Waals surface area contributed by atoms with Crippen molar-refractivity contribution < 1.29 is 8.42 Å². The Morgan fingerprint density at radius 2 is 1.68 bits per heavy atom. The number of hydrogen-bond donors (Lipinski definition) is 0. The Bertz CT molecular complexity index is 952. The Morgan fingerprint density at radius 1 is 0.920 bits per heavy atom. The number of sulfone groups is 1. The molecule has 0 unspecified atom stereocenters. The summed E-state index contributed by atoms with van der Waals surface area (Å²) >= 11 is 0. The first kappa shape index (κ1) is 15.8. The van der Waals surface area contributed by atoms with Gasteiger partial charge in [0.2, 0.25) is 0 Å². The van der Waals surface area contributed by atoms with Crippen LogP contribution >= 0.6 is 0 Å². The maximum atomic E-state index is 11.5. The number of benzene rings is 1. The monoisotopic (exact) mass is 354 g/mol. The average molecular weight is 354 g/mol. The minimum Gasteiger partial charge on any atom is -0.369 e. The van der Waals surface area contributed by atoms with Gasteiger partial charge in [-0.3, -0.25) is 0 Å². The zero-order chi connectivity index (χ0) is 17.3. The predicted molar refractivity (Wildman–Crippen MR) is 97.7 cm³/mol. The third-order valence-corrected chi connectivity index (χ3v) is 5.99. The van der Waals surface area contributed by atoms with Crippen molar-refractivity contribution in [2.45, 2.75) is 0 Å². The van der Waals surface area contributed by atoms with Crippen LogP contribution in [-0.4, -0.2) is 47.8 Å². The van der Waals surface area contributed by atoms with Crippen molar-refractivity contribution in [3.05, 3.63) is 61.1 Å². The zero-order valence-electron chi connectivity index (χ0n) is 13.6. The molecule has 0 N–H and O–H groups in total. The molecule has 1 aromatic carbocycles. The van der Waals surface area contributed by atoms with Gasteiger partial charge in [-0.25, -0.2) is 18.1 Å². The van der Waals surface area contributed by atoms with Crippen molar-refractivity contribution in [2.75, 3.05) is 29.5 Å². The minimum absolute atomic E-state index is 0.228. The van der Waals surface area contributed by atoms with Crippen LogP contribution in [0.2, 0.25) is 0 Å². The maximum Gasteiger partial charge on any atom is 0.153 e. The van der Waals surface area contributed by atoms with E-state index in [2.05, 4.69) is 15.0 Å². The lowest BCUT2D eigenvalue weighted by Crippen LogP contribution is -2.40. The molecule has 0 amide bonds. The first-order chi connectivity index (χ1) is 12.1. The topological polar surface area (TPSA) is 68.1 Å². The Morgan fingerprint density at radius 3 is 2.36 bits per heavy atom. The summed E-state index contributed by atoms with van der Waals surface area (Å²) in [6.45, 7) is 1.11. The predicted octanol–water partition coefficient (Wildman–Crippen LogP) is 2.17. The molecule has 3 heterocycles. The van der Waals surface area contributed by atoms with Gasteiger partial charge < -0.3 is 4.90 Å². The van der Waals surface area contributed by atoms with E-state index in [1.54, 1.807) is 10.9 Å². The molecule has 1 fully saturated rings. The highest BCUT2D eigenvalue weighted by molar-refractivity contribution is 7.91. The molecule has 0 saturated carbocycles. The van der Waals surface area contributed by atoms with E-state index in [4.69, 9.17) is 0 Å². The van der Waals surface area contributed by atoms with Crippen molar-refractivity contribution >= 4 is 15.5 Å². The highest BCUT2D eigenvalue weighted by atomic mass is 32.2. The Kier molecular flexibility index (Phi) is 4.01. The van der Waals surface area contributed by atoms with Gasteiger partial charge in [0, 0.05) is 36.7 Å². The fourth-order valence-corrected chi connectivity index (χ4v) is 4.12. The molecule has 3 aromatic rings. The van der Waals surface area contributed by atoms with Crippen LogP contribution in [-0.2, 0) is 9.84 Å². The van der Waals surface area contributed by atoms with E-state index in [9.17, 15) is 8.42 Å². The lowest BCUT2D eigenvalue weighted by atomic mass is 10.1. The van der Waals surface area contributed by atoms with Crippen LogP contribution in [0, 0.1) is 0 Å². The van der Waals surface area contributed by atoms with Gasteiger partial charge in [-0.1, -0.05) is 18.2 Å². The zero-order valence-corrected chi connectivity index (χ0v) is 14.4. The first-order valence-corrected chi connectivity index (χ1v) is 9.95. The molecular formula is C18H18N4O2S. The fraction of sp³-hybridized carbons (Fsp3) is 0.222. The molecule has 0 radical (unpaired) electrons. The van der Waals surface area contributed by atoms with Gasteiger partial charge in [0.1, 0.15) is 0 Å². The van der Waals surface area contributed by atoms with Gasteiger partial charge in [-0.2, -0.15) is 5.10 Å². The third kappa shape index (κ3) is 3.41. The Hall–Kier alpha value is -2.67. The Labute approximate surface area is 146 Å². The second kappa shape index (κ2) is 6.33. The summed E-state index contributed by atoms with van der Waals surface area (Å²) in [5, 5.41) is 4.37. The van der Waals surface area contributed by atoms with Crippen LogP contribution in [0.5, 0.6) is 0 Å². The minimum atomic E-state index is -2.86. The summed E-state index contributed by atoms with van der Waals surface area (Å²) in [6, 6.07) is 13.9. The van der Waals surface area contributed by atoms with E-state index in [1.165, 1.54) is 0 Å². The summed E-state index contributed by atoms with van der Waals surface area (Å²) < 4.78 is 24.8. The number of nitrogens with zero attached hydrogens (tertiary/aromatic N) is 4. The van der Waals surface area contributed by atoms with Gasteiger partial charge in [0.15, 0.2) is 15.7 Å². The SMILES string of the molecule is O=S1(=O)CCN(c2ccc(-c3cnn(-c4ccccn4)c3)cc2)CC1. The molecule has 4 rings (SSSR count). The van der Waals surface area contributed by atoms with Crippen LogP contribution in [0.3, 0.4) is 0 Å². The van der Waals surface area contributed by atoms with E-state index in [0.717, 1.165) is 22.6 Å². The fourth-order valence-electron chi connectivity index (χ4n) is 2.92. The van der Waals surface area contributed by atoms with Gasteiger partial charge in [0.25, 0.3) is 0 Å². The molecule has 6 nitrogen and oxygen atoms in total. The normalized spacial score (nSPS) is 16.7.